The van der Waals surface area contributed by atoms with Crippen molar-refractivity contribution in [3.05, 3.63) is 22.3 Å². The minimum absolute atomic E-state index is 0.567. The molecule has 2 aromatic rings. The number of hydrogen-bond acceptors (Lipinski definition) is 4. The summed E-state index contributed by atoms with van der Waals surface area (Å²) in [4.78, 5) is 0. The molecule has 1 aliphatic heterocycles. The van der Waals surface area contributed by atoms with Gasteiger partial charge in [0.15, 0.2) is 11.5 Å². The zero-order chi connectivity index (χ0) is 13.6. The lowest BCUT2D eigenvalue weighted by Gasteiger charge is -2.22. The third-order valence-electron chi connectivity index (χ3n) is 3.28. The number of nitrogens with zero attached hydrogens (tertiary/aromatic N) is 2. The molecule has 0 spiro atoms. The average molecular weight is 324 g/mol. The Morgan fingerprint density at radius 2 is 2.11 bits per heavy atom. The number of benzene rings is 1. The van der Waals surface area contributed by atoms with Crippen molar-refractivity contribution in [3.63, 3.8) is 0 Å². The van der Waals surface area contributed by atoms with Crippen LogP contribution < -0.4 is 15.2 Å². The normalized spacial score (nSPS) is 13.6. The second kappa shape index (κ2) is 4.45. The summed E-state index contributed by atoms with van der Waals surface area (Å²) >= 11 is 3.58. The molecule has 0 aliphatic carbocycles. The van der Waals surface area contributed by atoms with Gasteiger partial charge in [-0.25, -0.2) is 0 Å². The third-order valence-corrected chi connectivity index (χ3v) is 3.90. The summed E-state index contributed by atoms with van der Waals surface area (Å²) in [7, 11) is 1.82. The highest BCUT2D eigenvalue weighted by Gasteiger charge is 2.22. The maximum absolute atomic E-state index is 6.06. The van der Waals surface area contributed by atoms with E-state index in [0.717, 1.165) is 32.7 Å². The molecule has 0 fully saturated rings. The summed E-state index contributed by atoms with van der Waals surface area (Å²) in [6.07, 6.45) is 1.76. The maximum atomic E-state index is 6.06. The number of fused-ring (bicyclic) bond motifs is 1. The Balaban J connectivity index is 2.24. The molecule has 0 atom stereocenters. The molecule has 19 heavy (non-hydrogen) atoms. The van der Waals surface area contributed by atoms with Crippen LogP contribution in [-0.2, 0) is 7.05 Å². The van der Waals surface area contributed by atoms with Crippen LogP contribution in [0.4, 0.5) is 5.82 Å². The highest BCUT2D eigenvalue weighted by molar-refractivity contribution is 9.10. The summed E-state index contributed by atoms with van der Waals surface area (Å²) < 4.78 is 13.9. The first-order valence-electron chi connectivity index (χ1n) is 5.96. The van der Waals surface area contributed by atoms with Crippen molar-refractivity contribution in [2.45, 2.75) is 6.92 Å². The van der Waals surface area contributed by atoms with Gasteiger partial charge in [-0.1, -0.05) is 0 Å². The van der Waals surface area contributed by atoms with Gasteiger partial charge in [0.1, 0.15) is 19.0 Å². The number of aromatic nitrogens is 2. The summed E-state index contributed by atoms with van der Waals surface area (Å²) in [5.74, 6) is 2.18. The van der Waals surface area contributed by atoms with Crippen LogP contribution in [0.3, 0.4) is 0 Å². The Morgan fingerprint density at radius 3 is 2.79 bits per heavy atom. The molecule has 2 heterocycles. The van der Waals surface area contributed by atoms with Gasteiger partial charge in [0, 0.05) is 28.2 Å². The SMILES string of the molecule is Cc1c2c(cc(Br)c1-c1cnn(C)c1N)OCCO2. The van der Waals surface area contributed by atoms with Crippen LogP contribution in [-0.4, -0.2) is 23.0 Å². The first-order valence-corrected chi connectivity index (χ1v) is 6.75. The van der Waals surface area contributed by atoms with E-state index >= 15 is 0 Å². The van der Waals surface area contributed by atoms with Crippen LogP contribution in [0.25, 0.3) is 11.1 Å². The van der Waals surface area contributed by atoms with E-state index in [1.165, 1.54) is 0 Å². The van der Waals surface area contributed by atoms with E-state index in [-0.39, 0.29) is 0 Å². The second-order valence-corrected chi connectivity index (χ2v) is 5.30. The average Bonchev–Trinajstić information content (AvgIpc) is 2.71. The van der Waals surface area contributed by atoms with Crippen LogP contribution in [0.1, 0.15) is 5.56 Å². The van der Waals surface area contributed by atoms with Crippen molar-refractivity contribution in [2.24, 2.45) is 7.05 Å². The lowest BCUT2D eigenvalue weighted by Crippen LogP contribution is -2.16. The largest absolute Gasteiger partial charge is 0.486 e. The number of rotatable bonds is 1. The molecule has 0 saturated heterocycles. The van der Waals surface area contributed by atoms with Gasteiger partial charge < -0.3 is 15.2 Å². The van der Waals surface area contributed by atoms with Crippen molar-refractivity contribution >= 4 is 21.7 Å². The standard InChI is InChI=1S/C13H14BrN3O2/c1-7-11(8-6-16-17(2)13(8)15)9(14)5-10-12(7)19-4-3-18-10/h5-6H,3-4,15H2,1-2H3. The number of ether oxygens (including phenoxy) is 2. The molecule has 5 nitrogen and oxygen atoms in total. The van der Waals surface area contributed by atoms with Crippen LogP contribution >= 0.6 is 15.9 Å². The molecule has 100 valence electrons. The van der Waals surface area contributed by atoms with E-state index in [9.17, 15) is 0 Å². The molecular formula is C13H14BrN3O2. The van der Waals surface area contributed by atoms with Gasteiger partial charge in [0.25, 0.3) is 0 Å². The molecule has 0 bridgehead atoms. The van der Waals surface area contributed by atoms with Crippen LogP contribution in [0, 0.1) is 6.92 Å². The van der Waals surface area contributed by atoms with E-state index in [0.29, 0.717) is 19.0 Å². The summed E-state index contributed by atoms with van der Waals surface area (Å²) in [6.45, 7) is 3.14. The lowest BCUT2D eigenvalue weighted by molar-refractivity contribution is 0.170. The Hall–Kier alpha value is -1.69. The summed E-state index contributed by atoms with van der Waals surface area (Å²) in [5.41, 5.74) is 8.95. The molecule has 1 aromatic heterocycles. The maximum Gasteiger partial charge on any atom is 0.164 e. The van der Waals surface area contributed by atoms with Crippen molar-refractivity contribution in [1.82, 2.24) is 9.78 Å². The summed E-state index contributed by atoms with van der Waals surface area (Å²) in [5, 5.41) is 4.19. The van der Waals surface area contributed by atoms with E-state index in [1.807, 2.05) is 20.0 Å². The Kier molecular flexibility index (Phi) is 2.89. The first kappa shape index (κ1) is 12.3. The lowest BCUT2D eigenvalue weighted by atomic mass is 10.0. The molecule has 1 aliphatic rings. The Labute approximate surface area is 119 Å². The zero-order valence-electron chi connectivity index (χ0n) is 10.7. The summed E-state index contributed by atoms with van der Waals surface area (Å²) in [6, 6.07) is 1.92. The number of aryl methyl sites for hydroxylation is 1. The smallest absolute Gasteiger partial charge is 0.164 e. The van der Waals surface area contributed by atoms with Crippen molar-refractivity contribution in [1.29, 1.82) is 0 Å². The Morgan fingerprint density at radius 1 is 1.37 bits per heavy atom. The molecule has 0 saturated carbocycles. The molecule has 0 amide bonds. The molecule has 2 N–H and O–H groups in total. The van der Waals surface area contributed by atoms with Gasteiger partial charge in [0.2, 0.25) is 0 Å². The fourth-order valence-electron chi connectivity index (χ4n) is 2.28. The highest BCUT2D eigenvalue weighted by Crippen LogP contribution is 2.45. The van der Waals surface area contributed by atoms with Crippen LogP contribution in [0.2, 0.25) is 0 Å². The minimum atomic E-state index is 0.567. The fourth-order valence-corrected chi connectivity index (χ4v) is 3.00. The molecule has 0 unspecified atom stereocenters. The number of anilines is 1. The fraction of sp³-hybridized carbons (Fsp3) is 0.308. The monoisotopic (exact) mass is 323 g/mol. The van der Waals surface area contributed by atoms with Gasteiger partial charge in [-0.15, -0.1) is 0 Å². The third kappa shape index (κ3) is 1.87. The molecule has 0 radical (unpaired) electrons. The van der Waals surface area contributed by atoms with Crippen molar-refractivity contribution in [2.75, 3.05) is 18.9 Å². The molecule has 3 rings (SSSR count). The van der Waals surface area contributed by atoms with E-state index in [4.69, 9.17) is 15.2 Å². The van der Waals surface area contributed by atoms with E-state index < -0.39 is 0 Å². The van der Waals surface area contributed by atoms with Crippen LogP contribution in [0.5, 0.6) is 11.5 Å². The number of halogens is 1. The van der Waals surface area contributed by atoms with Gasteiger partial charge in [-0.3, -0.25) is 4.68 Å². The van der Waals surface area contributed by atoms with E-state index in [1.54, 1.807) is 10.9 Å². The quantitative estimate of drug-likeness (QED) is 0.875. The van der Waals surface area contributed by atoms with Gasteiger partial charge in [0.05, 0.1) is 6.20 Å². The first-order chi connectivity index (χ1) is 9.09. The minimum Gasteiger partial charge on any atom is -0.486 e. The molecular weight excluding hydrogens is 310 g/mol. The highest BCUT2D eigenvalue weighted by atomic mass is 79.9. The Bertz CT molecular complexity index is 652. The van der Waals surface area contributed by atoms with Gasteiger partial charge in [-0.2, -0.15) is 5.10 Å². The molecule has 6 heteroatoms. The predicted molar refractivity (Wildman–Crippen MR) is 76.5 cm³/mol. The number of hydrogen-bond donors (Lipinski definition) is 1. The predicted octanol–water partition coefficient (Wildman–Crippen LogP) is 2.51. The number of nitrogen functional groups attached to an aromatic ring is 1. The number of nitrogens with two attached hydrogens (primary N) is 1. The molecule has 1 aromatic carbocycles. The van der Waals surface area contributed by atoms with Gasteiger partial charge in [-0.05, 0) is 28.9 Å². The van der Waals surface area contributed by atoms with Gasteiger partial charge >= 0.3 is 0 Å². The van der Waals surface area contributed by atoms with Crippen molar-refractivity contribution < 1.29 is 9.47 Å². The van der Waals surface area contributed by atoms with E-state index in [2.05, 4.69) is 21.0 Å². The zero-order valence-corrected chi connectivity index (χ0v) is 12.3. The topological polar surface area (TPSA) is 62.3 Å². The van der Waals surface area contributed by atoms with Crippen molar-refractivity contribution in [3.8, 4) is 22.6 Å². The second-order valence-electron chi connectivity index (χ2n) is 4.45. The van der Waals surface area contributed by atoms with Crippen LogP contribution in [0.15, 0.2) is 16.7 Å².